The zero-order valence-corrected chi connectivity index (χ0v) is 14.0. The average molecular weight is 333 g/mol. The van der Waals surface area contributed by atoms with Crippen molar-refractivity contribution in [1.82, 2.24) is 14.9 Å². The third-order valence-corrected chi connectivity index (χ3v) is 4.49. The number of aromatic nitrogens is 2. The molecule has 3 aromatic rings. The second-order valence-electron chi connectivity index (χ2n) is 6.18. The van der Waals surface area contributed by atoms with E-state index in [4.69, 9.17) is 4.74 Å². The van der Waals surface area contributed by atoms with Crippen LogP contribution in [0.2, 0.25) is 0 Å². The number of imidazole rings is 1. The standard InChI is InChI=1S/C20H19N3O2/c1-14(15-2-5-18(6-3-15)23-10-9-21-13-23)22-20(24)17-4-7-19-16(12-17)8-11-25-19/h2-7,9-10,12-14H,8,11H2,1H3,(H,22,24). The summed E-state index contributed by atoms with van der Waals surface area (Å²) in [5, 5.41) is 3.06. The Kier molecular flexibility index (Phi) is 3.98. The Bertz CT molecular complexity index is 886. The Morgan fingerprint density at radius 2 is 2.08 bits per heavy atom. The Labute approximate surface area is 146 Å². The fraction of sp³-hybridized carbons (Fsp3) is 0.200. The van der Waals surface area contributed by atoms with Gasteiger partial charge in [0, 0.05) is 30.1 Å². The summed E-state index contributed by atoms with van der Waals surface area (Å²) < 4.78 is 7.43. The van der Waals surface area contributed by atoms with E-state index in [0.29, 0.717) is 12.2 Å². The van der Waals surface area contributed by atoms with Crippen LogP contribution in [0.5, 0.6) is 5.75 Å². The van der Waals surface area contributed by atoms with Crippen molar-refractivity contribution in [2.75, 3.05) is 6.61 Å². The molecule has 0 saturated heterocycles. The van der Waals surface area contributed by atoms with E-state index in [0.717, 1.165) is 29.0 Å². The molecule has 0 spiro atoms. The zero-order valence-electron chi connectivity index (χ0n) is 14.0. The van der Waals surface area contributed by atoms with Crippen molar-refractivity contribution in [2.45, 2.75) is 19.4 Å². The van der Waals surface area contributed by atoms with Crippen LogP contribution in [0.4, 0.5) is 0 Å². The molecule has 2 aromatic carbocycles. The lowest BCUT2D eigenvalue weighted by molar-refractivity contribution is 0.0940. The molecule has 4 rings (SSSR count). The summed E-state index contributed by atoms with van der Waals surface area (Å²) in [6.45, 7) is 2.68. The molecule has 0 bridgehead atoms. The van der Waals surface area contributed by atoms with E-state index in [2.05, 4.69) is 10.3 Å². The van der Waals surface area contributed by atoms with Crippen LogP contribution in [-0.2, 0) is 6.42 Å². The predicted octanol–water partition coefficient (Wildman–Crippen LogP) is 3.30. The maximum absolute atomic E-state index is 12.5. The quantitative estimate of drug-likeness (QED) is 0.797. The first-order valence-electron chi connectivity index (χ1n) is 8.35. The first-order valence-corrected chi connectivity index (χ1v) is 8.35. The molecule has 5 heteroatoms. The number of amides is 1. The number of hydrogen-bond donors (Lipinski definition) is 1. The number of benzene rings is 2. The van der Waals surface area contributed by atoms with Crippen molar-refractivity contribution in [1.29, 1.82) is 0 Å². The highest BCUT2D eigenvalue weighted by atomic mass is 16.5. The minimum Gasteiger partial charge on any atom is -0.493 e. The molecule has 25 heavy (non-hydrogen) atoms. The lowest BCUT2D eigenvalue weighted by Gasteiger charge is -2.15. The number of fused-ring (bicyclic) bond motifs is 1. The van der Waals surface area contributed by atoms with Crippen molar-refractivity contribution in [3.05, 3.63) is 77.9 Å². The van der Waals surface area contributed by atoms with Gasteiger partial charge in [0.25, 0.3) is 5.91 Å². The second-order valence-corrected chi connectivity index (χ2v) is 6.18. The number of carbonyl (C=O) groups excluding carboxylic acids is 1. The van der Waals surface area contributed by atoms with Crippen LogP contribution in [0, 0.1) is 0 Å². The number of nitrogens with one attached hydrogen (secondary N) is 1. The summed E-state index contributed by atoms with van der Waals surface area (Å²) in [6, 6.07) is 13.6. The highest BCUT2D eigenvalue weighted by Gasteiger charge is 2.16. The van der Waals surface area contributed by atoms with Crippen LogP contribution in [0.15, 0.2) is 61.2 Å². The Morgan fingerprint density at radius 1 is 1.24 bits per heavy atom. The number of hydrogen-bond acceptors (Lipinski definition) is 3. The van der Waals surface area contributed by atoms with Crippen LogP contribution in [0.1, 0.15) is 34.5 Å². The maximum atomic E-state index is 12.5. The smallest absolute Gasteiger partial charge is 0.251 e. The average Bonchev–Trinajstić information content (AvgIpc) is 3.32. The van der Waals surface area contributed by atoms with E-state index in [1.54, 1.807) is 12.5 Å². The molecule has 1 amide bonds. The first kappa shape index (κ1) is 15.4. The minimum absolute atomic E-state index is 0.0686. The number of rotatable bonds is 4. The van der Waals surface area contributed by atoms with Crippen molar-refractivity contribution in [3.8, 4) is 11.4 Å². The van der Waals surface area contributed by atoms with Crippen LogP contribution < -0.4 is 10.1 Å². The summed E-state index contributed by atoms with van der Waals surface area (Å²) in [5.74, 6) is 0.820. The van der Waals surface area contributed by atoms with Crippen LogP contribution in [0.25, 0.3) is 5.69 Å². The van der Waals surface area contributed by atoms with Crippen LogP contribution in [0.3, 0.4) is 0 Å². The van der Waals surface area contributed by atoms with Gasteiger partial charge in [-0.1, -0.05) is 12.1 Å². The molecule has 2 heterocycles. The number of carbonyl (C=O) groups is 1. The van der Waals surface area contributed by atoms with Gasteiger partial charge < -0.3 is 14.6 Å². The third kappa shape index (κ3) is 3.13. The van der Waals surface area contributed by atoms with Gasteiger partial charge in [-0.05, 0) is 48.4 Å². The molecule has 1 aromatic heterocycles. The van der Waals surface area contributed by atoms with Gasteiger partial charge in [-0.25, -0.2) is 4.98 Å². The molecular formula is C20H19N3O2. The minimum atomic E-state index is -0.0751. The van der Waals surface area contributed by atoms with E-state index in [1.165, 1.54) is 0 Å². The lowest BCUT2D eigenvalue weighted by atomic mass is 10.1. The fourth-order valence-electron chi connectivity index (χ4n) is 3.04. The summed E-state index contributed by atoms with van der Waals surface area (Å²) in [5.41, 5.74) is 3.87. The van der Waals surface area contributed by atoms with Gasteiger partial charge in [0.05, 0.1) is 19.0 Å². The van der Waals surface area contributed by atoms with Crippen molar-refractivity contribution in [2.24, 2.45) is 0 Å². The van der Waals surface area contributed by atoms with E-state index in [1.807, 2.05) is 60.2 Å². The molecule has 126 valence electrons. The van der Waals surface area contributed by atoms with Crippen molar-refractivity contribution >= 4 is 5.91 Å². The van der Waals surface area contributed by atoms with Crippen molar-refractivity contribution < 1.29 is 9.53 Å². The number of nitrogens with zero attached hydrogens (tertiary/aromatic N) is 2. The summed E-state index contributed by atoms with van der Waals surface area (Å²) in [4.78, 5) is 16.6. The molecule has 1 unspecified atom stereocenters. The summed E-state index contributed by atoms with van der Waals surface area (Å²) in [6.07, 6.45) is 6.27. The fourth-order valence-corrected chi connectivity index (χ4v) is 3.04. The molecule has 0 saturated carbocycles. The van der Waals surface area contributed by atoms with E-state index in [9.17, 15) is 4.79 Å². The Balaban J connectivity index is 1.46. The molecule has 1 aliphatic heterocycles. The molecule has 1 N–H and O–H groups in total. The Morgan fingerprint density at radius 3 is 2.84 bits per heavy atom. The first-order chi connectivity index (χ1) is 12.2. The predicted molar refractivity (Wildman–Crippen MR) is 95.1 cm³/mol. The monoisotopic (exact) mass is 333 g/mol. The molecule has 0 fully saturated rings. The van der Waals surface area contributed by atoms with E-state index >= 15 is 0 Å². The summed E-state index contributed by atoms with van der Waals surface area (Å²) in [7, 11) is 0. The largest absolute Gasteiger partial charge is 0.493 e. The summed E-state index contributed by atoms with van der Waals surface area (Å²) >= 11 is 0. The molecular weight excluding hydrogens is 314 g/mol. The lowest BCUT2D eigenvalue weighted by Crippen LogP contribution is -2.26. The van der Waals surface area contributed by atoms with Crippen LogP contribution >= 0.6 is 0 Å². The highest BCUT2D eigenvalue weighted by Crippen LogP contribution is 2.26. The molecule has 1 atom stereocenters. The van der Waals surface area contributed by atoms with E-state index < -0.39 is 0 Å². The van der Waals surface area contributed by atoms with Gasteiger partial charge in [-0.15, -0.1) is 0 Å². The molecule has 1 aliphatic rings. The van der Waals surface area contributed by atoms with Crippen LogP contribution in [-0.4, -0.2) is 22.1 Å². The second kappa shape index (κ2) is 6.43. The van der Waals surface area contributed by atoms with E-state index in [-0.39, 0.29) is 11.9 Å². The Hall–Kier alpha value is -3.08. The van der Waals surface area contributed by atoms with Crippen molar-refractivity contribution in [3.63, 3.8) is 0 Å². The van der Waals surface area contributed by atoms with Gasteiger partial charge in [-0.2, -0.15) is 0 Å². The van der Waals surface area contributed by atoms with Gasteiger partial charge >= 0.3 is 0 Å². The normalized spacial score (nSPS) is 13.8. The molecule has 0 aliphatic carbocycles. The maximum Gasteiger partial charge on any atom is 0.251 e. The molecule has 0 radical (unpaired) electrons. The van der Waals surface area contributed by atoms with Gasteiger partial charge in [-0.3, -0.25) is 4.79 Å². The molecule has 5 nitrogen and oxygen atoms in total. The third-order valence-electron chi connectivity index (χ3n) is 4.49. The van der Waals surface area contributed by atoms with Gasteiger partial charge in [0.2, 0.25) is 0 Å². The highest BCUT2D eigenvalue weighted by molar-refractivity contribution is 5.94. The van der Waals surface area contributed by atoms with Gasteiger partial charge in [0.1, 0.15) is 5.75 Å². The van der Waals surface area contributed by atoms with Gasteiger partial charge in [0.15, 0.2) is 0 Å². The topological polar surface area (TPSA) is 56.1 Å². The zero-order chi connectivity index (χ0) is 17.2. The SMILES string of the molecule is CC(NC(=O)c1ccc2c(c1)CCO2)c1ccc(-n2ccnc2)cc1. The number of ether oxygens (including phenoxy) is 1.